The third-order valence-electron chi connectivity index (χ3n) is 3.29. The minimum absolute atomic E-state index is 0.0439. The number of hydrogen-bond donors (Lipinski definition) is 1. The number of nitrogens with zero attached hydrogens (tertiary/aromatic N) is 1. The molecule has 1 atom stereocenters. The molecule has 0 aliphatic carbocycles. The predicted molar refractivity (Wildman–Crippen MR) is 75.1 cm³/mol. The summed E-state index contributed by atoms with van der Waals surface area (Å²) in [6, 6.07) is 4.27. The second kappa shape index (κ2) is 6.35. The van der Waals surface area contributed by atoms with E-state index in [2.05, 4.69) is 12.2 Å². The van der Waals surface area contributed by atoms with Gasteiger partial charge in [-0.1, -0.05) is 18.5 Å². The molecule has 1 aliphatic rings. The van der Waals surface area contributed by atoms with Crippen molar-refractivity contribution >= 4 is 23.2 Å². The van der Waals surface area contributed by atoms with Crippen molar-refractivity contribution in [3.63, 3.8) is 0 Å². The Labute approximate surface area is 117 Å². The molecule has 19 heavy (non-hydrogen) atoms. The van der Waals surface area contributed by atoms with Gasteiger partial charge in [0.2, 0.25) is 5.91 Å². The van der Waals surface area contributed by atoms with Crippen LogP contribution in [0, 0.1) is 5.82 Å². The summed E-state index contributed by atoms with van der Waals surface area (Å²) >= 11 is 5.77. The van der Waals surface area contributed by atoms with Crippen LogP contribution in [-0.2, 0) is 4.79 Å². The van der Waals surface area contributed by atoms with Crippen molar-refractivity contribution < 1.29 is 9.18 Å². The summed E-state index contributed by atoms with van der Waals surface area (Å²) in [5, 5.41) is 3.30. The lowest BCUT2D eigenvalue weighted by Crippen LogP contribution is -2.51. The van der Waals surface area contributed by atoms with Crippen LogP contribution in [0.2, 0.25) is 5.02 Å². The van der Waals surface area contributed by atoms with Crippen molar-refractivity contribution in [2.45, 2.75) is 32.2 Å². The fourth-order valence-electron chi connectivity index (χ4n) is 2.29. The largest absolute Gasteiger partial charge is 0.311 e. The zero-order valence-corrected chi connectivity index (χ0v) is 11.7. The first-order valence-electron chi connectivity index (χ1n) is 6.63. The highest BCUT2D eigenvalue weighted by Crippen LogP contribution is 2.25. The van der Waals surface area contributed by atoms with Gasteiger partial charge < -0.3 is 10.2 Å². The number of hydrogen-bond acceptors (Lipinski definition) is 2. The molecule has 0 bridgehead atoms. The molecule has 1 N–H and O–H groups in total. The second-order valence-corrected chi connectivity index (χ2v) is 5.14. The molecule has 3 nitrogen and oxygen atoms in total. The summed E-state index contributed by atoms with van der Waals surface area (Å²) in [4.78, 5) is 14.0. The molecule has 1 aliphatic heterocycles. The molecule has 2 rings (SSSR count). The Morgan fingerprint density at radius 2 is 2.32 bits per heavy atom. The van der Waals surface area contributed by atoms with E-state index in [-0.39, 0.29) is 17.0 Å². The molecule has 0 radical (unpaired) electrons. The third-order valence-corrected chi connectivity index (χ3v) is 3.58. The Bertz CT molecular complexity index is 467. The van der Waals surface area contributed by atoms with E-state index < -0.39 is 5.82 Å². The summed E-state index contributed by atoms with van der Waals surface area (Å²) in [5.74, 6) is -0.419. The number of piperidine rings is 1. The Morgan fingerprint density at radius 1 is 1.53 bits per heavy atom. The molecule has 1 fully saturated rings. The summed E-state index contributed by atoms with van der Waals surface area (Å²) < 4.78 is 13.2. The molecule has 1 aromatic carbocycles. The standard InChI is InChI=1S/C14H18ClFN2O/c1-2-7-17-13-4-3-8-18(14(13)19)10-5-6-12(16)11(15)9-10/h5-6,9,13,17H,2-4,7-8H2,1H3. The van der Waals surface area contributed by atoms with Crippen molar-refractivity contribution in [2.24, 2.45) is 0 Å². The first-order valence-corrected chi connectivity index (χ1v) is 7.01. The van der Waals surface area contributed by atoms with Crippen LogP contribution in [0.1, 0.15) is 26.2 Å². The highest BCUT2D eigenvalue weighted by molar-refractivity contribution is 6.31. The van der Waals surface area contributed by atoms with Crippen molar-refractivity contribution in [2.75, 3.05) is 18.0 Å². The van der Waals surface area contributed by atoms with E-state index in [9.17, 15) is 9.18 Å². The van der Waals surface area contributed by atoms with Gasteiger partial charge in [0.1, 0.15) is 5.82 Å². The molecule has 1 heterocycles. The number of amides is 1. The van der Waals surface area contributed by atoms with Gasteiger partial charge in [-0.05, 0) is 44.0 Å². The SMILES string of the molecule is CCCNC1CCCN(c2ccc(F)c(Cl)c2)C1=O. The van der Waals surface area contributed by atoms with E-state index in [1.165, 1.54) is 12.1 Å². The molecule has 1 aromatic rings. The van der Waals surface area contributed by atoms with Crippen molar-refractivity contribution in [1.82, 2.24) is 5.32 Å². The molecule has 0 saturated carbocycles. The predicted octanol–water partition coefficient (Wildman–Crippen LogP) is 2.97. The zero-order chi connectivity index (χ0) is 13.8. The third kappa shape index (κ3) is 3.25. The van der Waals surface area contributed by atoms with E-state index in [0.29, 0.717) is 12.2 Å². The molecule has 5 heteroatoms. The number of benzene rings is 1. The van der Waals surface area contributed by atoms with Crippen LogP contribution in [0.3, 0.4) is 0 Å². The van der Waals surface area contributed by atoms with Gasteiger partial charge in [0, 0.05) is 12.2 Å². The average molecular weight is 285 g/mol. The van der Waals surface area contributed by atoms with Crippen LogP contribution < -0.4 is 10.2 Å². The van der Waals surface area contributed by atoms with Gasteiger partial charge >= 0.3 is 0 Å². The summed E-state index contributed by atoms with van der Waals surface area (Å²) in [6.45, 7) is 3.55. The van der Waals surface area contributed by atoms with Crippen LogP contribution in [0.4, 0.5) is 10.1 Å². The number of halogens is 2. The van der Waals surface area contributed by atoms with Gasteiger partial charge in [0.15, 0.2) is 0 Å². The van der Waals surface area contributed by atoms with Crippen LogP contribution in [0.25, 0.3) is 0 Å². The molecule has 0 spiro atoms. The topological polar surface area (TPSA) is 32.3 Å². The highest BCUT2D eigenvalue weighted by atomic mass is 35.5. The first-order chi connectivity index (χ1) is 9.13. The van der Waals surface area contributed by atoms with E-state index in [0.717, 1.165) is 25.8 Å². The van der Waals surface area contributed by atoms with Crippen LogP contribution in [0.5, 0.6) is 0 Å². The molecule has 0 aromatic heterocycles. The maximum Gasteiger partial charge on any atom is 0.244 e. The molecular weight excluding hydrogens is 267 g/mol. The maximum atomic E-state index is 13.2. The average Bonchev–Trinajstić information content (AvgIpc) is 2.41. The lowest BCUT2D eigenvalue weighted by Gasteiger charge is -2.32. The van der Waals surface area contributed by atoms with Gasteiger partial charge in [0.25, 0.3) is 0 Å². The number of nitrogens with one attached hydrogen (secondary N) is 1. The first kappa shape index (κ1) is 14.3. The van der Waals surface area contributed by atoms with E-state index in [1.807, 2.05) is 0 Å². The van der Waals surface area contributed by atoms with Crippen molar-refractivity contribution in [1.29, 1.82) is 0 Å². The Balaban J connectivity index is 2.14. The highest BCUT2D eigenvalue weighted by Gasteiger charge is 2.29. The Hall–Kier alpha value is -1.13. The van der Waals surface area contributed by atoms with E-state index in [1.54, 1.807) is 11.0 Å². The monoisotopic (exact) mass is 284 g/mol. The molecule has 1 saturated heterocycles. The number of anilines is 1. The van der Waals surface area contributed by atoms with Gasteiger partial charge in [-0.25, -0.2) is 4.39 Å². The van der Waals surface area contributed by atoms with Crippen molar-refractivity contribution in [3.05, 3.63) is 29.0 Å². The summed E-state index contributed by atoms with van der Waals surface area (Å²) in [7, 11) is 0. The smallest absolute Gasteiger partial charge is 0.244 e. The quantitative estimate of drug-likeness (QED) is 0.922. The van der Waals surface area contributed by atoms with E-state index >= 15 is 0 Å². The zero-order valence-electron chi connectivity index (χ0n) is 11.0. The summed E-state index contributed by atoms with van der Waals surface area (Å²) in [5.41, 5.74) is 0.666. The lowest BCUT2D eigenvalue weighted by molar-refractivity contribution is -0.121. The Kier molecular flexibility index (Phi) is 4.77. The van der Waals surface area contributed by atoms with Gasteiger partial charge in [-0.3, -0.25) is 4.79 Å². The fraction of sp³-hybridized carbons (Fsp3) is 0.500. The van der Waals surface area contributed by atoms with Gasteiger partial charge in [-0.15, -0.1) is 0 Å². The molecular formula is C14H18ClFN2O. The second-order valence-electron chi connectivity index (χ2n) is 4.74. The van der Waals surface area contributed by atoms with E-state index in [4.69, 9.17) is 11.6 Å². The van der Waals surface area contributed by atoms with Crippen LogP contribution in [0.15, 0.2) is 18.2 Å². The minimum atomic E-state index is -0.462. The maximum absolute atomic E-state index is 13.2. The number of carbonyl (C=O) groups excluding carboxylic acids is 1. The molecule has 1 unspecified atom stereocenters. The Morgan fingerprint density at radius 3 is 3.00 bits per heavy atom. The van der Waals surface area contributed by atoms with Crippen LogP contribution >= 0.6 is 11.6 Å². The molecule has 104 valence electrons. The summed E-state index contributed by atoms with van der Waals surface area (Å²) in [6.07, 6.45) is 2.78. The van der Waals surface area contributed by atoms with Gasteiger partial charge in [-0.2, -0.15) is 0 Å². The lowest BCUT2D eigenvalue weighted by atomic mass is 10.0. The van der Waals surface area contributed by atoms with Crippen LogP contribution in [-0.4, -0.2) is 25.0 Å². The normalized spacial score (nSPS) is 19.8. The molecule has 1 amide bonds. The number of carbonyl (C=O) groups is 1. The fourth-order valence-corrected chi connectivity index (χ4v) is 2.47. The number of rotatable bonds is 4. The van der Waals surface area contributed by atoms with Gasteiger partial charge in [0.05, 0.1) is 11.1 Å². The van der Waals surface area contributed by atoms with Crippen molar-refractivity contribution in [3.8, 4) is 0 Å². The minimum Gasteiger partial charge on any atom is -0.311 e.